The van der Waals surface area contributed by atoms with Crippen LogP contribution in [0.25, 0.3) is 0 Å². The smallest absolute Gasteiger partial charge is 0.126 e. The van der Waals surface area contributed by atoms with Gasteiger partial charge in [0.1, 0.15) is 11.6 Å². The third-order valence-corrected chi connectivity index (χ3v) is 5.23. The molecule has 1 aromatic carbocycles. The molecule has 104 valence electrons. The monoisotopic (exact) mass is 264 g/mol. The second-order valence-corrected chi connectivity index (χ2v) is 6.65. The topological polar surface area (TPSA) is 0 Å². The van der Waals surface area contributed by atoms with Crippen molar-refractivity contribution in [3.8, 4) is 0 Å². The van der Waals surface area contributed by atoms with Crippen LogP contribution in [0.4, 0.5) is 8.78 Å². The van der Waals surface area contributed by atoms with Crippen LogP contribution in [0.1, 0.15) is 56.9 Å². The van der Waals surface area contributed by atoms with Gasteiger partial charge in [-0.15, -0.1) is 0 Å². The van der Waals surface area contributed by atoms with Crippen LogP contribution < -0.4 is 0 Å². The van der Waals surface area contributed by atoms with E-state index >= 15 is 0 Å². The Morgan fingerprint density at radius 2 is 1.47 bits per heavy atom. The molecule has 19 heavy (non-hydrogen) atoms. The van der Waals surface area contributed by atoms with Crippen molar-refractivity contribution in [3.05, 3.63) is 35.4 Å². The maximum absolute atomic E-state index is 13.3. The molecule has 2 heteroatoms. The highest BCUT2D eigenvalue weighted by Crippen LogP contribution is 2.47. The van der Waals surface area contributed by atoms with Gasteiger partial charge in [-0.2, -0.15) is 0 Å². The first-order valence-corrected chi connectivity index (χ1v) is 7.58. The molecule has 2 aliphatic carbocycles. The first-order chi connectivity index (χ1) is 9.11. The molecule has 0 nitrogen and oxygen atoms in total. The third-order valence-electron chi connectivity index (χ3n) is 5.23. The van der Waals surface area contributed by atoms with E-state index in [-0.39, 0.29) is 0 Å². The molecule has 0 saturated heterocycles. The summed E-state index contributed by atoms with van der Waals surface area (Å²) in [6.07, 6.45) is 7.44. The molecule has 2 saturated carbocycles. The first-order valence-electron chi connectivity index (χ1n) is 7.58. The molecule has 0 aliphatic heterocycles. The first kappa shape index (κ1) is 13.1. The minimum absolute atomic E-state index is 0.361. The zero-order chi connectivity index (χ0) is 13.4. The third kappa shape index (κ3) is 2.82. The average Bonchev–Trinajstić information content (AvgIpc) is 2.37. The Labute approximate surface area is 114 Å². The minimum atomic E-state index is -0.436. The standard InChI is InChI=1S/C17H22F2/c1-11-2-3-13-7-14(5-4-12(13)6-11)15-8-16(18)10-17(19)9-15/h8-14H,2-7H2,1H3/t11?,12-,13-,14-/m1/s1. The number of rotatable bonds is 1. The lowest BCUT2D eigenvalue weighted by molar-refractivity contribution is 0.124. The maximum Gasteiger partial charge on any atom is 0.126 e. The second-order valence-electron chi connectivity index (χ2n) is 6.65. The maximum atomic E-state index is 13.3. The van der Waals surface area contributed by atoms with Crippen molar-refractivity contribution in [2.75, 3.05) is 0 Å². The lowest BCUT2D eigenvalue weighted by atomic mass is 9.64. The molecule has 0 N–H and O–H groups in total. The predicted molar refractivity (Wildman–Crippen MR) is 72.9 cm³/mol. The molecule has 0 amide bonds. The van der Waals surface area contributed by atoms with E-state index in [1.807, 2.05) is 0 Å². The Morgan fingerprint density at radius 3 is 2.21 bits per heavy atom. The van der Waals surface area contributed by atoms with Gasteiger partial charge in [-0.25, -0.2) is 8.78 Å². The zero-order valence-electron chi connectivity index (χ0n) is 11.5. The van der Waals surface area contributed by atoms with Crippen LogP contribution in [0.5, 0.6) is 0 Å². The van der Waals surface area contributed by atoms with E-state index in [0.29, 0.717) is 5.92 Å². The van der Waals surface area contributed by atoms with Gasteiger partial charge in [-0.05, 0) is 73.5 Å². The van der Waals surface area contributed by atoms with E-state index < -0.39 is 11.6 Å². The number of hydrogen-bond acceptors (Lipinski definition) is 0. The molecular weight excluding hydrogens is 242 g/mol. The molecule has 4 atom stereocenters. The Kier molecular flexibility index (Phi) is 3.60. The highest BCUT2D eigenvalue weighted by Gasteiger charge is 2.34. The minimum Gasteiger partial charge on any atom is -0.207 e. The summed E-state index contributed by atoms with van der Waals surface area (Å²) >= 11 is 0. The summed E-state index contributed by atoms with van der Waals surface area (Å²) in [5.41, 5.74) is 0.870. The summed E-state index contributed by atoms with van der Waals surface area (Å²) in [4.78, 5) is 0. The predicted octanol–water partition coefficient (Wildman–Crippen LogP) is 5.28. The fraction of sp³-hybridized carbons (Fsp3) is 0.647. The quantitative estimate of drug-likeness (QED) is 0.647. The molecule has 0 bridgehead atoms. The van der Waals surface area contributed by atoms with Gasteiger partial charge in [0.25, 0.3) is 0 Å². The molecule has 0 radical (unpaired) electrons. The molecule has 0 heterocycles. The van der Waals surface area contributed by atoms with E-state index in [9.17, 15) is 8.78 Å². The molecule has 2 fully saturated rings. The Morgan fingerprint density at radius 1 is 0.842 bits per heavy atom. The number of halogens is 2. The van der Waals surface area contributed by atoms with Crippen molar-refractivity contribution < 1.29 is 8.78 Å². The summed E-state index contributed by atoms with van der Waals surface area (Å²) in [5, 5.41) is 0. The largest absolute Gasteiger partial charge is 0.207 e. The van der Waals surface area contributed by atoms with Gasteiger partial charge in [0.15, 0.2) is 0 Å². The Balaban J connectivity index is 1.74. The number of fused-ring (bicyclic) bond motifs is 1. The van der Waals surface area contributed by atoms with Crippen LogP contribution in [0, 0.1) is 29.4 Å². The van der Waals surface area contributed by atoms with Gasteiger partial charge in [0.2, 0.25) is 0 Å². The highest BCUT2D eigenvalue weighted by atomic mass is 19.1. The number of benzene rings is 1. The lowest BCUT2D eigenvalue weighted by Gasteiger charge is -2.41. The van der Waals surface area contributed by atoms with E-state index in [1.54, 1.807) is 0 Å². The van der Waals surface area contributed by atoms with Crippen LogP contribution in [0.2, 0.25) is 0 Å². The molecule has 2 aliphatic rings. The second kappa shape index (κ2) is 5.22. The Hall–Kier alpha value is -0.920. The van der Waals surface area contributed by atoms with Gasteiger partial charge in [0, 0.05) is 6.07 Å². The molecule has 0 aromatic heterocycles. The van der Waals surface area contributed by atoms with Gasteiger partial charge in [-0.1, -0.05) is 13.3 Å². The van der Waals surface area contributed by atoms with E-state index in [2.05, 4.69) is 6.92 Å². The molecule has 0 spiro atoms. The van der Waals surface area contributed by atoms with Crippen molar-refractivity contribution in [2.45, 2.75) is 51.4 Å². The molecule has 1 unspecified atom stereocenters. The van der Waals surface area contributed by atoms with Crippen LogP contribution >= 0.6 is 0 Å². The normalized spacial score (nSPS) is 34.9. The molecule has 1 aromatic rings. The summed E-state index contributed by atoms with van der Waals surface area (Å²) < 4.78 is 26.7. The zero-order valence-corrected chi connectivity index (χ0v) is 11.5. The SMILES string of the molecule is CC1CC[C@@H]2C[C@H](c3cc(F)cc(F)c3)CC[C@@H]2C1. The summed E-state index contributed by atoms with van der Waals surface area (Å²) in [5.74, 6) is 1.99. The Bertz CT molecular complexity index is 434. The van der Waals surface area contributed by atoms with Gasteiger partial charge in [0.05, 0.1) is 0 Å². The van der Waals surface area contributed by atoms with E-state index in [1.165, 1.54) is 37.8 Å². The van der Waals surface area contributed by atoms with Crippen LogP contribution in [-0.2, 0) is 0 Å². The van der Waals surface area contributed by atoms with Crippen molar-refractivity contribution in [2.24, 2.45) is 17.8 Å². The van der Waals surface area contributed by atoms with Crippen LogP contribution in [0.15, 0.2) is 18.2 Å². The summed E-state index contributed by atoms with van der Waals surface area (Å²) in [6, 6.07) is 4.02. The lowest BCUT2D eigenvalue weighted by Crippen LogP contribution is -2.29. The average molecular weight is 264 g/mol. The number of hydrogen-bond donors (Lipinski definition) is 0. The van der Waals surface area contributed by atoms with Crippen LogP contribution in [0.3, 0.4) is 0 Å². The summed E-state index contributed by atoms with van der Waals surface area (Å²) in [7, 11) is 0. The van der Waals surface area contributed by atoms with Crippen molar-refractivity contribution in [1.82, 2.24) is 0 Å². The molecular formula is C17H22F2. The van der Waals surface area contributed by atoms with Crippen molar-refractivity contribution in [3.63, 3.8) is 0 Å². The highest BCUT2D eigenvalue weighted by molar-refractivity contribution is 5.22. The van der Waals surface area contributed by atoms with Gasteiger partial charge < -0.3 is 0 Å². The van der Waals surface area contributed by atoms with E-state index in [0.717, 1.165) is 42.2 Å². The van der Waals surface area contributed by atoms with Gasteiger partial charge >= 0.3 is 0 Å². The van der Waals surface area contributed by atoms with Crippen molar-refractivity contribution >= 4 is 0 Å². The van der Waals surface area contributed by atoms with Crippen molar-refractivity contribution in [1.29, 1.82) is 0 Å². The van der Waals surface area contributed by atoms with Crippen LogP contribution in [-0.4, -0.2) is 0 Å². The fourth-order valence-corrected chi connectivity index (χ4v) is 4.24. The molecule has 3 rings (SSSR count). The van der Waals surface area contributed by atoms with E-state index in [4.69, 9.17) is 0 Å². The van der Waals surface area contributed by atoms with Gasteiger partial charge in [-0.3, -0.25) is 0 Å². The summed E-state index contributed by atoms with van der Waals surface area (Å²) in [6.45, 7) is 2.35. The fourth-order valence-electron chi connectivity index (χ4n) is 4.24.